The third-order valence-electron chi connectivity index (χ3n) is 3.78. The Hall–Kier alpha value is -2.18. The van der Waals surface area contributed by atoms with Gasteiger partial charge in [-0.05, 0) is 47.7 Å². The van der Waals surface area contributed by atoms with Gasteiger partial charge in [-0.3, -0.25) is 10.2 Å². The highest BCUT2D eigenvalue weighted by Gasteiger charge is 2.16. The number of carbonyl (C=O) groups is 1. The number of hydrazine groups is 1. The number of nitrogens with one attached hydrogen (secondary N) is 2. The zero-order chi connectivity index (χ0) is 17.7. The molecule has 0 unspecified atom stereocenters. The molecule has 0 aliphatic carbocycles. The van der Waals surface area contributed by atoms with Crippen molar-refractivity contribution in [2.24, 2.45) is 0 Å². The van der Waals surface area contributed by atoms with E-state index in [0.29, 0.717) is 11.5 Å². The first-order valence-electron chi connectivity index (χ1n) is 7.84. The van der Waals surface area contributed by atoms with Gasteiger partial charge in [0.1, 0.15) is 0 Å². The molecule has 128 valence electrons. The molecule has 0 bridgehead atoms. The van der Waals surface area contributed by atoms with Crippen molar-refractivity contribution in [3.05, 3.63) is 65.2 Å². The number of hydrogen-bond acceptors (Lipinski definition) is 3. The van der Waals surface area contributed by atoms with Crippen LogP contribution in [0.1, 0.15) is 48.2 Å². The van der Waals surface area contributed by atoms with Gasteiger partial charge >= 0.3 is 0 Å². The maximum Gasteiger partial charge on any atom is 0.266 e. The van der Waals surface area contributed by atoms with E-state index in [9.17, 15) is 13.2 Å². The minimum absolute atomic E-state index is 0.105. The van der Waals surface area contributed by atoms with Crippen LogP contribution in [0.5, 0.6) is 0 Å². The molecule has 0 saturated carbocycles. The molecule has 0 radical (unpaired) electrons. The highest BCUT2D eigenvalue weighted by Crippen LogP contribution is 2.17. The third-order valence-corrected chi connectivity index (χ3v) is 5.04. The Labute approximate surface area is 143 Å². The molecule has 1 amide bonds. The summed E-state index contributed by atoms with van der Waals surface area (Å²) < 4.78 is 24.4. The fourth-order valence-electron chi connectivity index (χ4n) is 2.17. The maximum atomic E-state index is 12.2. The Morgan fingerprint density at radius 2 is 1.58 bits per heavy atom. The van der Waals surface area contributed by atoms with Crippen LogP contribution in [0, 0.1) is 0 Å². The maximum absolute atomic E-state index is 12.2. The Morgan fingerprint density at radius 3 is 2.08 bits per heavy atom. The summed E-state index contributed by atoms with van der Waals surface area (Å²) in [6.07, 6.45) is 0.876. The SMILES string of the molecule is CCc1ccc(C(=O)NNS(=O)(=O)c2ccc(C(C)C)cc2)cc1. The predicted molar refractivity (Wildman–Crippen MR) is 94.1 cm³/mol. The molecule has 2 aromatic carbocycles. The molecule has 0 aliphatic heterocycles. The Bertz CT molecular complexity index is 795. The molecule has 24 heavy (non-hydrogen) atoms. The van der Waals surface area contributed by atoms with Gasteiger partial charge in [-0.1, -0.05) is 45.0 Å². The highest BCUT2D eigenvalue weighted by atomic mass is 32.2. The minimum Gasteiger partial charge on any atom is -0.273 e. The van der Waals surface area contributed by atoms with E-state index in [-0.39, 0.29) is 4.90 Å². The lowest BCUT2D eigenvalue weighted by molar-refractivity contribution is 0.0945. The molecular weight excluding hydrogens is 324 g/mol. The normalized spacial score (nSPS) is 11.5. The molecule has 0 fully saturated rings. The number of hydrogen-bond donors (Lipinski definition) is 2. The van der Waals surface area contributed by atoms with Crippen LogP contribution >= 0.6 is 0 Å². The first kappa shape index (κ1) is 18.2. The first-order valence-corrected chi connectivity index (χ1v) is 9.33. The van der Waals surface area contributed by atoms with Crippen LogP contribution in [0.25, 0.3) is 0 Å². The highest BCUT2D eigenvalue weighted by molar-refractivity contribution is 7.89. The van der Waals surface area contributed by atoms with E-state index in [1.807, 2.05) is 32.9 Å². The molecule has 0 aliphatic rings. The largest absolute Gasteiger partial charge is 0.273 e. The lowest BCUT2D eigenvalue weighted by Crippen LogP contribution is -2.41. The summed E-state index contributed by atoms with van der Waals surface area (Å²) in [7, 11) is -3.80. The topological polar surface area (TPSA) is 75.3 Å². The second-order valence-electron chi connectivity index (χ2n) is 5.83. The van der Waals surface area contributed by atoms with Gasteiger partial charge in [0.15, 0.2) is 0 Å². The molecule has 5 nitrogen and oxygen atoms in total. The number of benzene rings is 2. The van der Waals surface area contributed by atoms with Crippen molar-refractivity contribution in [3.8, 4) is 0 Å². The Balaban J connectivity index is 2.04. The van der Waals surface area contributed by atoms with Gasteiger partial charge in [0.05, 0.1) is 4.90 Å². The molecule has 2 rings (SSSR count). The van der Waals surface area contributed by atoms with Crippen molar-refractivity contribution in [2.75, 3.05) is 0 Å². The lowest BCUT2D eigenvalue weighted by Gasteiger charge is -2.10. The molecule has 0 spiro atoms. The van der Waals surface area contributed by atoms with Gasteiger partial charge in [0.2, 0.25) is 0 Å². The molecule has 2 aromatic rings. The summed E-state index contributed by atoms with van der Waals surface area (Å²) >= 11 is 0. The quantitative estimate of drug-likeness (QED) is 0.790. The summed E-state index contributed by atoms with van der Waals surface area (Å²) in [5.41, 5.74) is 4.79. The standard InChI is InChI=1S/C18H22N2O3S/c1-4-14-5-7-16(8-6-14)18(21)19-20-24(22,23)17-11-9-15(10-12-17)13(2)3/h5-13,20H,4H2,1-3H3,(H,19,21). The number of carbonyl (C=O) groups excluding carboxylic acids is 1. The number of amides is 1. The van der Waals surface area contributed by atoms with Crippen LogP contribution in [0.15, 0.2) is 53.4 Å². The van der Waals surface area contributed by atoms with Crippen molar-refractivity contribution >= 4 is 15.9 Å². The average Bonchev–Trinajstić information content (AvgIpc) is 2.60. The second-order valence-corrected chi connectivity index (χ2v) is 7.52. The number of sulfonamides is 1. The van der Waals surface area contributed by atoms with Crippen molar-refractivity contribution in [1.29, 1.82) is 0 Å². The summed E-state index contributed by atoms with van der Waals surface area (Å²) in [6, 6.07) is 13.6. The van der Waals surface area contributed by atoms with Crippen molar-refractivity contribution in [1.82, 2.24) is 10.3 Å². The van der Waals surface area contributed by atoms with Crippen LogP contribution in [-0.2, 0) is 16.4 Å². The minimum atomic E-state index is -3.80. The van der Waals surface area contributed by atoms with Gasteiger partial charge in [-0.25, -0.2) is 8.42 Å². The monoisotopic (exact) mass is 346 g/mol. The molecule has 6 heteroatoms. The van der Waals surface area contributed by atoms with E-state index >= 15 is 0 Å². The first-order chi connectivity index (χ1) is 11.3. The number of aryl methyl sites for hydroxylation is 1. The van der Waals surface area contributed by atoms with Crippen LogP contribution < -0.4 is 10.3 Å². The van der Waals surface area contributed by atoms with Crippen LogP contribution in [0.4, 0.5) is 0 Å². The van der Waals surface area contributed by atoms with E-state index in [0.717, 1.165) is 17.5 Å². The van der Waals surface area contributed by atoms with Gasteiger partial charge in [0, 0.05) is 5.56 Å². The van der Waals surface area contributed by atoms with E-state index < -0.39 is 15.9 Å². The molecular formula is C18H22N2O3S. The summed E-state index contributed by atoms with van der Waals surface area (Å²) in [4.78, 5) is 14.3. The summed E-state index contributed by atoms with van der Waals surface area (Å²) in [6.45, 7) is 6.09. The van der Waals surface area contributed by atoms with Gasteiger partial charge < -0.3 is 0 Å². The second kappa shape index (κ2) is 7.59. The van der Waals surface area contributed by atoms with E-state index in [2.05, 4.69) is 10.3 Å². The zero-order valence-electron chi connectivity index (χ0n) is 14.0. The summed E-state index contributed by atoms with van der Waals surface area (Å²) in [5.74, 6) is -0.180. The molecule has 0 aromatic heterocycles. The van der Waals surface area contributed by atoms with Gasteiger partial charge in [0.25, 0.3) is 15.9 Å². The fourth-order valence-corrected chi connectivity index (χ4v) is 3.01. The predicted octanol–water partition coefficient (Wildman–Crippen LogP) is 3.00. The van der Waals surface area contributed by atoms with E-state index in [4.69, 9.17) is 0 Å². The summed E-state index contributed by atoms with van der Waals surface area (Å²) in [5, 5.41) is 0. The molecule has 0 heterocycles. The van der Waals surface area contributed by atoms with Gasteiger partial charge in [-0.2, -0.15) is 0 Å². The van der Waals surface area contributed by atoms with Crippen LogP contribution in [-0.4, -0.2) is 14.3 Å². The van der Waals surface area contributed by atoms with E-state index in [1.54, 1.807) is 24.3 Å². The third kappa shape index (κ3) is 4.43. The lowest BCUT2D eigenvalue weighted by atomic mass is 10.0. The molecule has 2 N–H and O–H groups in total. The van der Waals surface area contributed by atoms with Crippen molar-refractivity contribution in [3.63, 3.8) is 0 Å². The smallest absolute Gasteiger partial charge is 0.266 e. The molecule has 0 atom stereocenters. The Morgan fingerprint density at radius 1 is 1.00 bits per heavy atom. The average molecular weight is 346 g/mol. The van der Waals surface area contributed by atoms with Crippen molar-refractivity contribution in [2.45, 2.75) is 38.0 Å². The van der Waals surface area contributed by atoms with Crippen LogP contribution in [0.3, 0.4) is 0 Å². The fraction of sp³-hybridized carbons (Fsp3) is 0.278. The Kier molecular flexibility index (Phi) is 5.75. The number of rotatable bonds is 6. The van der Waals surface area contributed by atoms with Crippen molar-refractivity contribution < 1.29 is 13.2 Å². The zero-order valence-corrected chi connectivity index (χ0v) is 14.9. The van der Waals surface area contributed by atoms with Crippen LogP contribution in [0.2, 0.25) is 0 Å². The van der Waals surface area contributed by atoms with E-state index in [1.165, 1.54) is 12.1 Å². The van der Waals surface area contributed by atoms with Gasteiger partial charge in [-0.15, -0.1) is 4.83 Å². The molecule has 0 saturated heterocycles.